The van der Waals surface area contributed by atoms with Gasteiger partial charge in [-0.1, -0.05) is 43.3 Å². The van der Waals surface area contributed by atoms with Gasteiger partial charge in [-0.05, 0) is 74.0 Å². The van der Waals surface area contributed by atoms with E-state index in [0.717, 1.165) is 13.0 Å². The molecule has 112 valence electrons. The highest BCUT2D eigenvalue weighted by Crippen LogP contribution is 2.24. The molecule has 21 heavy (non-hydrogen) atoms. The third-order valence-electron chi connectivity index (χ3n) is 4.48. The van der Waals surface area contributed by atoms with Crippen molar-refractivity contribution in [2.24, 2.45) is 0 Å². The molecule has 1 atom stereocenters. The largest absolute Gasteiger partial charge is 0.310 e. The van der Waals surface area contributed by atoms with Gasteiger partial charge in [0, 0.05) is 6.04 Å². The van der Waals surface area contributed by atoms with Gasteiger partial charge in [-0.2, -0.15) is 0 Å². The summed E-state index contributed by atoms with van der Waals surface area (Å²) < 4.78 is 0. The minimum Gasteiger partial charge on any atom is -0.310 e. The highest BCUT2D eigenvalue weighted by atomic mass is 14.9. The topological polar surface area (TPSA) is 12.0 Å². The van der Waals surface area contributed by atoms with Crippen LogP contribution >= 0.6 is 0 Å². The fraction of sp³-hybridized carbons (Fsp3) is 0.400. The molecular formula is C20H27N. The Morgan fingerprint density at radius 2 is 1.67 bits per heavy atom. The molecule has 0 fully saturated rings. The van der Waals surface area contributed by atoms with Gasteiger partial charge >= 0.3 is 0 Å². The van der Waals surface area contributed by atoms with Crippen LogP contribution in [0.2, 0.25) is 0 Å². The van der Waals surface area contributed by atoms with Crippen LogP contribution in [0.25, 0.3) is 0 Å². The zero-order chi connectivity index (χ0) is 15.4. The van der Waals surface area contributed by atoms with Crippen molar-refractivity contribution in [2.75, 3.05) is 6.54 Å². The second kappa shape index (κ2) is 6.91. The van der Waals surface area contributed by atoms with Crippen LogP contribution in [0.15, 0.2) is 36.4 Å². The lowest BCUT2D eigenvalue weighted by Crippen LogP contribution is -2.24. The minimum absolute atomic E-state index is 0.386. The molecule has 0 heterocycles. The van der Waals surface area contributed by atoms with E-state index in [2.05, 4.69) is 76.3 Å². The lowest BCUT2D eigenvalue weighted by molar-refractivity contribution is 0.547. The minimum atomic E-state index is 0.386. The average molecular weight is 281 g/mol. The van der Waals surface area contributed by atoms with Crippen molar-refractivity contribution in [2.45, 2.75) is 47.1 Å². The first kappa shape index (κ1) is 15.8. The number of nitrogens with one attached hydrogen (secondary N) is 1. The fourth-order valence-corrected chi connectivity index (χ4v) is 2.86. The maximum absolute atomic E-state index is 3.65. The van der Waals surface area contributed by atoms with Gasteiger partial charge in [0.25, 0.3) is 0 Å². The molecule has 0 saturated carbocycles. The molecule has 0 aliphatic carbocycles. The van der Waals surface area contributed by atoms with E-state index in [4.69, 9.17) is 0 Å². The van der Waals surface area contributed by atoms with Crippen LogP contribution in [0, 0.1) is 27.7 Å². The Labute approximate surface area is 129 Å². The Kier molecular flexibility index (Phi) is 5.19. The van der Waals surface area contributed by atoms with E-state index >= 15 is 0 Å². The normalized spacial score (nSPS) is 12.4. The Morgan fingerprint density at radius 3 is 2.33 bits per heavy atom. The summed E-state index contributed by atoms with van der Waals surface area (Å²) in [7, 11) is 0. The molecule has 1 nitrogen and oxygen atoms in total. The third-order valence-corrected chi connectivity index (χ3v) is 4.48. The summed E-state index contributed by atoms with van der Waals surface area (Å²) in [5, 5.41) is 3.65. The quantitative estimate of drug-likeness (QED) is 0.829. The van der Waals surface area contributed by atoms with Crippen LogP contribution < -0.4 is 5.32 Å². The van der Waals surface area contributed by atoms with Crippen LogP contribution in [0.3, 0.4) is 0 Å². The highest BCUT2D eigenvalue weighted by molar-refractivity contribution is 5.37. The second-order valence-electron chi connectivity index (χ2n) is 6.02. The molecular weight excluding hydrogens is 254 g/mol. The van der Waals surface area contributed by atoms with E-state index < -0.39 is 0 Å². The van der Waals surface area contributed by atoms with Gasteiger partial charge in [-0.25, -0.2) is 0 Å². The van der Waals surface area contributed by atoms with Crippen molar-refractivity contribution in [3.63, 3.8) is 0 Å². The first-order chi connectivity index (χ1) is 10.0. The fourth-order valence-electron chi connectivity index (χ4n) is 2.86. The smallest absolute Gasteiger partial charge is 0.0363 e. The maximum atomic E-state index is 3.65. The number of hydrogen-bond donors (Lipinski definition) is 1. The molecule has 1 heteroatoms. The van der Waals surface area contributed by atoms with E-state index in [1.807, 2.05) is 0 Å². The Bertz CT molecular complexity index is 613. The molecule has 0 spiro atoms. The Balaban J connectivity index is 2.30. The SMILES string of the molecule is CCNC(Cc1ccc(C)c(C)c1)c1cccc(C)c1C. The summed E-state index contributed by atoms with van der Waals surface area (Å²) in [6.07, 6.45) is 1.04. The first-order valence-corrected chi connectivity index (χ1v) is 7.88. The Hall–Kier alpha value is -1.60. The van der Waals surface area contributed by atoms with Crippen molar-refractivity contribution in [3.8, 4) is 0 Å². The van der Waals surface area contributed by atoms with Crippen molar-refractivity contribution in [1.29, 1.82) is 0 Å². The van der Waals surface area contributed by atoms with Crippen LogP contribution in [0.5, 0.6) is 0 Å². The van der Waals surface area contributed by atoms with Gasteiger partial charge in [0.15, 0.2) is 0 Å². The molecule has 0 aliphatic rings. The lowest BCUT2D eigenvalue weighted by atomic mass is 9.92. The van der Waals surface area contributed by atoms with Crippen LogP contribution in [0.1, 0.15) is 46.3 Å². The van der Waals surface area contributed by atoms with Gasteiger partial charge in [0.05, 0.1) is 0 Å². The summed E-state index contributed by atoms with van der Waals surface area (Å²) in [4.78, 5) is 0. The second-order valence-corrected chi connectivity index (χ2v) is 6.02. The predicted octanol–water partition coefficient (Wildman–Crippen LogP) is 4.81. The molecule has 0 aromatic heterocycles. The van der Waals surface area contributed by atoms with E-state index in [-0.39, 0.29) is 0 Å². The monoisotopic (exact) mass is 281 g/mol. The van der Waals surface area contributed by atoms with Gasteiger partial charge in [-0.15, -0.1) is 0 Å². The van der Waals surface area contributed by atoms with Crippen molar-refractivity contribution < 1.29 is 0 Å². The zero-order valence-electron chi connectivity index (χ0n) is 14.0. The van der Waals surface area contributed by atoms with Crippen molar-refractivity contribution >= 4 is 0 Å². The van der Waals surface area contributed by atoms with E-state index in [9.17, 15) is 0 Å². The summed E-state index contributed by atoms with van der Waals surface area (Å²) in [5.74, 6) is 0. The summed E-state index contributed by atoms with van der Waals surface area (Å²) in [6, 6.07) is 13.8. The molecule has 0 radical (unpaired) electrons. The molecule has 2 aromatic rings. The van der Waals surface area contributed by atoms with Crippen molar-refractivity contribution in [3.05, 3.63) is 69.8 Å². The van der Waals surface area contributed by atoms with Gasteiger partial charge < -0.3 is 5.32 Å². The summed E-state index contributed by atoms with van der Waals surface area (Å²) in [5.41, 5.74) is 8.36. The molecule has 0 bridgehead atoms. The van der Waals surface area contributed by atoms with Gasteiger partial charge in [0.1, 0.15) is 0 Å². The average Bonchev–Trinajstić information content (AvgIpc) is 2.45. The number of rotatable bonds is 5. The van der Waals surface area contributed by atoms with Gasteiger partial charge in [0.2, 0.25) is 0 Å². The number of hydrogen-bond acceptors (Lipinski definition) is 1. The van der Waals surface area contributed by atoms with Crippen molar-refractivity contribution in [1.82, 2.24) is 5.32 Å². The predicted molar refractivity (Wildman–Crippen MR) is 92.0 cm³/mol. The molecule has 1 unspecified atom stereocenters. The summed E-state index contributed by atoms with van der Waals surface area (Å²) in [6.45, 7) is 12.0. The molecule has 2 aromatic carbocycles. The third kappa shape index (κ3) is 3.74. The molecule has 0 amide bonds. The van der Waals surface area contributed by atoms with E-state index in [1.54, 1.807) is 0 Å². The number of aryl methyl sites for hydroxylation is 3. The molecule has 0 aliphatic heterocycles. The zero-order valence-corrected chi connectivity index (χ0v) is 14.0. The Morgan fingerprint density at radius 1 is 0.905 bits per heavy atom. The van der Waals surface area contributed by atoms with Gasteiger partial charge in [-0.3, -0.25) is 0 Å². The van der Waals surface area contributed by atoms with Crippen LogP contribution in [0.4, 0.5) is 0 Å². The molecule has 0 saturated heterocycles. The lowest BCUT2D eigenvalue weighted by Gasteiger charge is -2.22. The standard InChI is InChI=1S/C20H27N/c1-6-21-20(19-9-7-8-15(3)17(19)5)13-18-11-10-14(2)16(4)12-18/h7-12,20-21H,6,13H2,1-5H3. The number of benzene rings is 2. The highest BCUT2D eigenvalue weighted by Gasteiger charge is 2.14. The van der Waals surface area contributed by atoms with Crippen LogP contribution in [-0.2, 0) is 6.42 Å². The first-order valence-electron chi connectivity index (χ1n) is 7.88. The maximum Gasteiger partial charge on any atom is 0.0363 e. The molecule has 1 N–H and O–H groups in total. The molecule has 2 rings (SSSR count). The summed E-state index contributed by atoms with van der Waals surface area (Å²) >= 11 is 0. The number of likely N-dealkylation sites (N-methyl/N-ethyl adjacent to an activating group) is 1. The van der Waals surface area contributed by atoms with E-state index in [0.29, 0.717) is 6.04 Å². The van der Waals surface area contributed by atoms with E-state index in [1.165, 1.54) is 33.4 Å². The van der Waals surface area contributed by atoms with Crippen LogP contribution in [-0.4, -0.2) is 6.54 Å².